The lowest BCUT2D eigenvalue weighted by Gasteiger charge is -2.42. The van der Waals surface area contributed by atoms with Crippen LogP contribution in [0.3, 0.4) is 0 Å². The van der Waals surface area contributed by atoms with Gasteiger partial charge in [-0.15, -0.1) is 0 Å². The summed E-state index contributed by atoms with van der Waals surface area (Å²) < 4.78 is 15.4. The van der Waals surface area contributed by atoms with Crippen molar-refractivity contribution in [1.82, 2.24) is 0 Å². The largest absolute Gasteiger partial charge is 0.449 e. The molecule has 5 heteroatoms. The molecule has 0 bridgehead atoms. The summed E-state index contributed by atoms with van der Waals surface area (Å²) in [5, 5.41) is -0.675. The van der Waals surface area contributed by atoms with E-state index in [1.807, 2.05) is 6.92 Å². The molecule has 0 amide bonds. The minimum absolute atomic E-state index is 0.349. The van der Waals surface area contributed by atoms with Gasteiger partial charge in [0.25, 0.3) is 0 Å². The second kappa shape index (κ2) is 3.61. The van der Waals surface area contributed by atoms with Gasteiger partial charge in [-0.3, -0.25) is 0 Å². The second-order valence-electron chi connectivity index (χ2n) is 2.74. The Morgan fingerprint density at radius 3 is 2.31 bits per heavy atom. The van der Waals surface area contributed by atoms with Crippen molar-refractivity contribution in [2.45, 2.75) is 18.6 Å². The SMILES string of the molecule is C=C1C(=O)OC1(CC)[Si](OC)OC. The lowest BCUT2D eigenvalue weighted by Crippen LogP contribution is -2.62. The molecule has 0 aromatic carbocycles. The van der Waals surface area contributed by atoms with Gasteiger partial charge in [0.05, 0.1) is 5.57 Å². The van der Waals surface area contributed by atoms with Crippen LogP contribution in [0, 0.1) is 0 Å². The standard InChI is InChI=1S/C8H13O4Si/c1-5-8(13(10-3)11-4)6(2)7(9)12-8/h2,5H2,1,3-4H3. The van der Waals surface area contributed by atoms with E-state index in [1.165, 1.54) is 0 Å². The highest BCUT2D eigenvalue weighted by atomic mass is 28.3. The minimum Gasteiger partial charge on any atom is -0.449 e. The number of carbonyl (C=O) groups excluding carboxylic acids is 1. The fourth-order valence-electron chi connectivity index (χ4n) is 1.41. The van der Waals surface area contributed by atoms with Crippen LogP contribution in [0.25, 0.3) is 0 Å². The number of hydrogen-bond acceptors (Lipinski definition) is 4. The molecule has 13 heavy (non-hydrogen) atoms. The molecular formula is C8H13O4Si. The molecule has 0 aliphatic carbocycles. The van der Waals surface area contributed by atoms with Gasteiger partial charge in [-0.2, -0.15) is 0 Å². The molecule has 1 radical (unpaired) electrons. The molecule has 1 heterocycles. The summed E-state index contributed by atoms with van der Waals surface area (Å²) in [6.45, 7) is 5.59. The molecule has 0 aromatic heterocycles. The molecular weight excluding hydrogens is 188 g/mol. The predicted molar refractivity (Wildman–Crippen MR) is 48.0 cm³/mol. The van der Waals surface area contributed by atoms with Gasteiger partial charge >= 0.3 is 15.3 Å². The first-order chi connectivity index (χ1) is 6.12. The highest BCUT2D eigenvalue weighted by molar-refractivity contribution is 6.52. The van der Waals surface area contributed by atoms with Crippen molar-refractivity contribution in [3.8, 4) is 0 Å². The van der Waals surface area contributed by atoms with Crippen LogP contribution >= 0.6 is 0 Å². The summed E-state index contributed by atoms with van der Waals surface area (Å²) in [6, 6.07) is 0. The number of ether oxygens (including phenoxy) is 1. The molecule has 1 aliphatic heterocycles. The van der Waals surface area contributed by atoms with Crippen LogP contribution in [0.5, 0.6) is 0 Å². The maximum atomic E-state index is 10.9. The fourth-order valence-corrected chi connectivity index (χ4v) is 3.05. The summed E-state index contributed by atoms with van der Waals surface area (Å²) in [6.07, 6.45) is 0.646. The van der Waals surface area contributed by atoms with E-state index < -0.39 is 14.5 Å². The van der Waals surface area contributed by atoms with Gasteiger partial charge in [0.1, 0.15) is 0 Å². The monoisotopic (exact) mass is 201 g/mol. The van der Waals surface area contributed by atoms with Crippen LogP contribution in [0.4, 0.5) is 0 Å². The minimum atomic E-state index is -1.60. The molecule has 1 atom stereocenters. The van der Waals surface area contributed by atoms with E-state index in [9.17, 15) is 4.79 Å². The van der Waals surface area contributed by atoms with Gasteiger partial charge in [0.2, 0.25) is 0 Å². The van der Waals surface area contributed by atoms with Crippen molar-refractivity contribution in [1.29, 1.82) is 0 Å². The number of carbonyl (C=O) groups is 1. The van der Waals surface area contributed by atoms with Gasteiger partial charge < -0.3 is 13.6 Å². The predicted octanol–water partition coefficient (Wildman–Crippen LogP) is 0.568. The normalized spacial score (nSPS) is 27.4. The van der Waals surface area contributed by atoms with Crippen LogP contribution in [0.2, 0.25) is 0 Å². The summed E-state index contributed by atoms with van der Waals surface area (Å²) in [5.41, 5.74) is 0.465. The third-order valence-corrected chi connectivity index (χ3v) is 4.36. The maximum absolute atomic E-state index is 10.9. The third kappa shape index (κ3) is 1.33. The number of rotatable bonds is 4. The van der Waals surface area contributed by atoms with Crippen LogP contribution in [-0.2, 0) is 18.4 Å². The molecule has 1 fully saturated rings. The van der Waals surface area contributed by atoms with Gasteiger partial charge in [-0.1, -0.05) is 13.5 Å². The zero-order chi connectivity index (χ0) is 10.1. The van der Waals surface area contributed by atoms with Gasteiger partial charge in [-0.05, 0) is 6.42 Å². The Balaban J connectivity index is 2.83. The maximum Gasteiger partial charge on any atom is 0.438 e. The quantitative estimate of drug-likeness (QED) is 0.379. The van der Waals surface area contributed by atoms with Crippen LogP contribution in [0.1, 0.15) is 13.3 Å². The molecule has 1 unspecified atom stereocenters. The van der Waals surface area contributed by atoms with E-state index in [1.54, 1.807) is 14.2 Å². The Bertz CT molecular complexity index is 236. The smallest absolute Gasteiger partial charge is 0.438 e. The topological polar surface area (TPSA) is 44.8 Å². The van der Waals surface area contributed by atoms with E-state index in [0.717, 1.165) is 0 Å². The molecule has 1 rings (SSSR count). The van der Waals surface area contributed by atoms with Crippen LogP contribution in [0.15, 0.2) is 12.2 Å². The summed E-state index contributed by atoms with van der Waals surface area (Å²) >= 11 is 0. The Hall–Kier alpha value is -0.653. The van der Waals surface area contributed by atoms with Gasteiger partial charge in [0, 0.05) is 14.2 Å². The van der Waals surface area contributed by atoms with Gasteiger partial charge in [0.15, 0.2) is 5.22 Å². The van der Waals surface area contributed by atoms with Crippen molar-refractivity contribution in [3.63, 3.8) is 0 Å². The summed E-state index contributed by atoms with van der Waals surface area (Å²) in [5.74, 6) is -0.349. The van der Waals surface area contributed by atoms with Crippen molar-refractivity contribution in [3.05, 3.63) is 12.2 Å². The van der Waals surface area contributed by atoms with E-state index in [0.29, 0.717) is 12.0 Å². The van der Waals surface area contributed by atoms with Crippen molar-refractivity contribution < 1.29 is 18.4 Å². The lowest BCUT2D eigenvalue weighted by molar-refractivity contribution is -0.164. The first-order valence-corrected chi connectivity index (χ1v) is 5.32. The van der Waals surface area contributed by atoms with Crippen molar-refractivity contribution in [2.24, 2.45) is 0 Å². The molecule has 1 saturated heterocycles. The van der Waals surface area contributed by atoms with E-state index in [-0.39, 0.29) is 5.97 Å². The first kappa shape index (κ1) is 10.4. The highest BCUT2D eigenvalue weighted by Gasteiger charge is 2.58. The van der Waals surface area contributed by atoms with Crippen LogP contribution in [-0.4, -0.2) is 34.7 Å². The number of hydrogen-bond donors (Lipinski definition) is 0. The summed E-state index contributed by atoms with van der Waals surface area (Å²) in [4.78, 5) is 10.9. The summed E-state index contributed by atoms with van der Waals surface area (Å²) in [7, 11) is 1.50. The van der Waals surface area contributed by atoms with Crippen LogP contribution < -0.4 is 0 Å². The molecule has 0 aromatic rings. The Morgan fingerprint density at radius 1 is 1.54 bits per heavy atom. The fraction of sp³-hybridized carbons (Fsp3) is 0.625. The zero-order valence-corrected chi connectivity index (χ0v) is 9.05. The third-order valence-electron chi connectivity index (χ3n) is 2.20. The van der Waals surface area contributed by atoms with E-state index in [2.05, 4.69) is 6.58 Å². The van der Waals surface area contributed by atoms with Gasteiger partial charge in [-0.25, -0.2) is 4.79 Å². The lowest BCUT2D eigenvalue weighted by atomic mass is 10.0. The average molecular weight is 201 g/mol. The number of esters is 1. The molecule has 1 aliphatic rings. The van der Waals surface area contributed by atoms with Crippen molar-refractivity contribution >= 4 is 15.3 Å². The first-order valence-electron chi connectivity index (χ1n) is 4.00. The number of cyclic esters (lactones) is 1. The molecule has 4 nitrogen and oxygen atoms in total. The average Bonchev–Trinajstić information content (AvgIpc) is 2.17. The molecule has 73 valence electrons. The molecule has 0 saturated carbocycles. The second-order valence-corrected chi connectivity index (χ2v) is 4.94. The zero-order valence-electron chi connectivity index (χ0n) is 8.05. The van der Waals surface area contributed by atoms with Crippen molar-refractivity contribution in [2.75, 3.05) is 14.2 Å². The highest BCUT2D eigenvalue weighted by Crippen LogP contribution is 2.38. The van der Waals surface area contributed by atoms with E-state index >= 15 is 0 Å². The Kier molecular flexibility index (Phi) is 2.89. The Labute approximate surface area is 79.3 Å². The molecule has 0 N–H and O–H groups in total. The molecule has 0 spiro atoms. The Morgan fingerprint density at radius 2 is 2.08 bits per heavy atom. The van der Waals surface area contributed by atoms with E-state index in [4.69, 9.17) is 13.6 Å².